The average molecular weight is 347 g/mol. The molecule has 114 valence electrons. The third-order valence-corrected chi connectivity index (χ3v) is 4.82. The van der Waals surface area contributed by atoms with Gasteiger partial charge in [-0.15, -0.1) is 23.7 Å². The Morgan fingerprint density at radius 1 is 1.19 bits per heavy atom. The van der Waals surface area contributed by atoms with Crippen LogP contribution >= 0.6 is 35.3 Å². The molecule has 0 unspecified atom stereocenters. The summed E-state index contributed by atoms with van der Waals surface area (Å²) in [4.78, 5) is 3.48. The van der Waals surface area contributed by atoms with E-state index in [2.05, 4.69) is 16.3 Å². The molecule has 1 aromatic carbocycles. The van der Waals surface area contributed by atoms with Crippen LogP contribution < -0.4 is 5.32 Å². The van der Waals surface area contributed by atoms with Gasteiger partial charge in [-0.3, -0.25) is 4.90 Å². The number of nitrogens with one attached hydrogen (secondary N) is 1. The lowest BCUT2D eigenvalue weighted by atomic mass is 10.0. The van der Waals surface area contributed by atoms with Crippen LogP contribution in [0.1, 0.15) is 16.5 Å². The molecule has 0 saturated carbocycles. The van der Waals surface area contributed by atoms with E-state index in [9.17, 15) is 4.39 Å². The Morgan fingerprint density at radius 3 is 2.62 bits per heavy atom. The van der Waals surface area contributed by atoms with Crippen molar-refractivity contribution in [1.29, 1.82) is 0 Å². The van der Waals surface area contributed by atoms with Gasteiger partial charge in [-0.1, -0.05) is 29.8 Å². The molecule has 1 N–H and O–H groups in total. The van der Waals surface area contributed by atoms with Crippen LogP contribution in [0.3, 0.4) is 0 Å². The highest BCUT2D eigenvalue weighted by Gasteiger charge is 2.27. The van der Waals surface area contributed by atoms with Crippen LogP contribution in [0, 0.1) is 5.82 Å². The molecule has 0 radical (unpaired) electrons. The summed E-state index contributed by atoms with van der Waals surface area (Å²) in [5.41, 5.74) is 0.668. The Bertz CT molecular complexity index is 571. The molecule has 0 spiro atoms. The fraction of sp³-hybridized carbons (Fsp3) is 0.333. The van der Waals surface area contributed by atoms with Crippen LogP contribution in [0.15, 0.2) is 35.7 Å². The van der Waals surface area contributed by atoms with Gasteiger partial charge < -0.3 is 5.32 Å². The van der Waals surface area contributed by atoms with Crippen molar-refractivity contribution in [2.45, 2.75) is 6.04 Å². The molecule has 0 aliphatic carbocycles. The van der Waals surface area contributed by atoms with Crippen LogP contribution in [0.25, 0.3) is 0 Å². The number of halogens is 3. The number of rotatable bonds is 3. The monoisotopic (exact) mass is 346 g/mol. The first kappa shape index (κ1) is 16.7. The molecule has 0 bridgehead atoms. The van der Waals surface area contributed by atoms with E-state index in [0.29, 0.717) is 5.56 Å². The first-order valence-corrected chi connectivity index (χ1v) is 7.95. The average Bonchev–Trinajstić information content (AvgIpc) is 2.99. The minimum atomic E-state index is -0.300. The van der Waals surface area contributed by atoms with Crippen LogP contribution in [0.5, 0.6) is 0 Å². The molecule has 1 atom stereocenters. The standard InChI is InChI=1S/C15H16ClFN2S.ClH/c16-12-4-1-3-11(14(12)17)15(13-5-2-10-20-13)19-8-6-18-7-9-19;/h1-5,10,15,18H,6-9H2;1H/t15-;/m1./s1. The lowest BCUT2D eigenvalue weighted by molar-refractivity contribution is 0.197. The van der Waals surface area contributed by atoms with Crippen molar-refractivity contribution in [1.82, 2.24) is 10.2 Å². The van der Waals surface area contributed by atoms with Gasteiger partial charge in [-0.05, 0) is 17.5 Å². The van der Waals surface area contributed by atoms with Crippen molar-refractivity contribution in [2.24, 2.45) is 0 Å². The summed E-state index contributed by atoms with van der Waals surface area (Å²) in [6.45, 7) is 3.69. The molecule has 6 heteroatoms. The first-order valence-electron chi connectivity index (χ1n) is 6.69. The highest BCUT2D eigenvalue weighted by Crippen LogP contribution is 2.35. The number of thiophene rings is 1. The molecular weight excluding hydrogens is 330 g/mol. The zero-order chi connectivity index (χ0) is 13.9. The maximum Gasteiger partial charge on any atom is 0.146 e. The van der Waals surface area contributed by atoms with E-state index in [1.807, 2.05) is 23.6 Å². The molecule has 2 nitrogen and oxygen atoms in total. The summed E-state index contributed by atoms with van der Waals surface area (Å²) in [5, 5.41) is 5.56. The molecule has 0 amide bonds. The second-order valence-corrected chi connectivity index (χ2v) is 6.23. The van der Waals surface area contributed by atoms with Crippen LogP contribution in [0.2, 0.25) is 5.02 Å². The molecule has 21 heavy (non-hydrogen) atoms. The predicted octanol–water partition coefficient (Wildman–Crippen LogP) is 3.96. The zero-order valence-corrected chi connectivity index (χ0v) is 13.8. The summed E-state index contributed by atoms with van der Waals surface area (Å²) >= 11 is 7.62. The van der Waals surface area contributed by atoms with E-state index in [4.69, 9.17) is 11.6 Å². The van der Waals surface area contributed by atoms with Crippen LogP contribution in [-0.2, 0) is 0 Å². The molecule has 1 aliphatic rings. The van der Waals surface area contributed by atoms with Crippen molar-refractivity contribution in [3.63, 3.8) is 0 Å². The Hall–Kier alpha value is -0.650. The van der Waals surface area contributed by atoms with Gasteiger partial charge in [0.25, 0.3) is 0 Å². The predicted molar refractivity (Wildman–Crippen MR) is 89.3 cm³/mol. The Morgan fingerprint density at radius 2 is 1.95 bits per heavy atom. The number of hydrogen-bond donors (Lipinski definition) is 1. The summed E-state index contributed by atoms with van der Waals surface area (Å²) in [6, 6.07) is 9.30. The summed E-state index contributed by atoms with van der Waals surface area (Å²) < 4.78 is 14.4. The van der Waals surface area contributed by atoms with Crippen molar-refractivity contribution in [3.05, 3.63) is 57.0 Å². The van der Waals surface area contributed by atoms with E-state index in [1.54, 1.807) is 17.4 Å². The normalized spacial score (nSPS) is 17.2. The minimum Gasteiger partial charge on any atom is -0.314 e. The van der Waals surface area contributed by atoms with Crippen LogP contribution in [-0.4, -0.2) is 31.1 Å². The Labute approximate surface area is 139 Å². The van der Waals surface area contributed by atoms with Gasteiger partial charge in [0, 0.05) is 36.6 Å². The van der Waals surface area contributed by atoms with Gasteiger partial charge in [0.05, 0.1) is 11.1 Å². The molecule has 1 fully saturated rings. The minimum absolute atomic E-state index is 0. The highest BCUT2D eigenvalue weighted by molar-refractivity contribution is 7.10. The third kappa shape index (κ3) is 3.58. The van der Waals surface area contributed by atoms with Gasteiger partial charge >= 0.3 is 0 Å². The molecule has 2 heterocycles. The van der Waals surface area contributed by atoms with Gasteiger partial charge in [0.1, 0.15) is 5.82 Å². The van der Waals surface area contributed by atoms with E-state index in [1.165, 1.54) is 0 Å². The first-order chi connectivity index (χ1) is 9.77. The maximum atomic E-state index is 14.4. The number of benzene rings is 1. The Balaban J connectivity index is 0.00000161. The van der Waals surface area contributed by atoms with Crippen molar-refractivity contribution in [3.8, 4) is 0 Å². The number of piperazine rings is 1. The van der Waals surface area contributed by atoms with Gasteiger partial charge in [0.2, 0.25) is 0 Å². The highest BCUT2D eigenvalue weighted by atomic mass is 35.5. The van der Waals surface area contributed by atoms with Crippen molar-refractivity contribution >= 4 is 35.3 Å². The molecule has 1 aromatic heterocycles. The Kier molecular flexibility index (Phi) is 6.02. The number of nitrogens with zero attached hydrogens (tertiary/aromatic N) is 1. The second-order valence-electron chi connectivity index (χ2n) is 4.85. The molecule has 1 saturated heterocycles. The molecule has 3 rings (SSSR count). The van der Waals surface area contributed by atoms with Crippen LogP contribution in [0.4, 0.5) is 4.39 Å². The maximum absolute atomic E-state index is 14.4. The van der Waals surface area contributed by atoms with Gasteiger partial charge in [0.15, 0.2) is 0 Å². The SMILES string of the molecule is Cl.Fc1c(Cl)cccc1[C@H](c1cccs1)N1CCNCC1. The smallest absolute Gasteiger partial charge is 0.146 e. The lowest BCUT2D eigenvalue weighted by Crippen LogP contribution is -2.45. The summed E-state index contributed by atoms with van der Waals surface area (Å²) in [6.07, 6.45) is 0. The van der Waals surface area contributed by atoms with Gasteiger partial charge in [-0.25, -0.2) is 4.39 Å². The van der Waals surface area contributed by atoms with Gasteiger partial charge in [-0.2, -0.15) is 0 Å². The molecule has 2 aromatic rings. The van der Waals surface area contributed by atoms with Crippen molar-refractivity contribution in [2.75, 3.05) is 26.2 Å². The topological polar surface area (TPSA) is 15.3 Å². The lowest BCUT2D eigenvalue weighted by Gasteiger charge is -2.35. The summed E-state index contributed by atoms with van der Waals surface area (Å²) in [5.74, 6) is -0.300. The molecule has 1 aliphatic heterocycles. The second kappa shape index (κ2) is 7.56. The van der Waals surface area contributed by atoms with E-state index < -0.39 is 0 Å². The fourth-order valence-electron chi connectivity index (χ4n) is 2.65. The van der Waals surface area contributed by atoms with E-state index in [0.717, 1.165) is 31.1 Å². The van der Waals surface area contributed by atoms with E-state index in [-0.39, 0.29) is 29.3 Å². The third-order valence-electron chi connectivity index (χ3n) is 3.61. The summed E-state index contributed by atoms with van der Waals surface area (Å²) in [7, 11) is 0. The zero-order valence-electron chi connectivity index (χ0n) is 11.4. The van der Waals surface area contributed by atoms with Crippen molar-refractivity contribution < 1.29 is 4.39 Å². The molecular formula is C15H17Cl2FN2S. The largest absolute Gasteiger partial charge is 0.314 e. The van der Waals surface area contributed by atoms with E-state index >= 15 is 0 Å². The fourth-order valence-corrected chi connectivity index (χ4v) is 3.71. The quantitative estimate of drug-likeness (QED) is 0.904. The number of hydrogen-bond acceptors (Lipinski definition) is 3.